The molecule has 5 rings (SSSR count). The number of nitrogens with two attached hydrogens (primary N) is 1. The van der Waals surface area contributed by atoms with Gasteiger partial charge in [-0.1, -0.05) is 72.3 Å². The van der Waals surface area contributed by atoms with Crippen LogP contribution in [0.1, 0.15) is 29.0 Å². The third-order valence-electron chi connectivity index (χ3n) is 5.48. The van der Waals surface area contributed by atoms with Crippen molar-refractivity contribution in [2.24, 2.45) is 5.73 Å². The molecule has 3 atom stereocenters. The number of hydrogen-bond acceptors (Lipinski definition) is 6. The van der Waals surface area contributed by atoms with Crippen LogP contribution in [0, 0.1) is 0 Å². The number of amides is 1. The molecule has 2 unspecified atom stereocenters. The number of benzene rings is 2. The molecular weight excluding hydrogens is 448 g/mol. The summed E-state index contributed by atoms with van der Waals surface area (Å²) in [6.07, 6.45) is 2.57. The summed E-state index contributed by atoms with van der Waals surface area (Å²) in [6.45, 7) is 0. The molecule has 1 fully saturated rings. The maximum absolute atomic E-state index is 13.4. The molecule has 0 bridgehead atoms. The van der Waals surface area contributed by atoms with Gasteiger partial charge in [0.2, 0.25) is 5.91 Å². The molecule has 162 valence electrons. The topological polar surface area (TPSA) is 101 Å². The third kappa shape index (κ3) is 3.50. The number of carbonyl (C=O) groups excluding carboxylic acids is 2. The van der Waals surface area contributed by atoms with Gasteiger partial charge in [0.05, 0.1) is 10.4 Å². The summed E-state index contributed by atoms with van der Waals surface area (Å²) >= 11 is 7.76. The number of H-pyrrole nitrogens is 1. The molecule has 0 saturated carbocycles. The molecule has 3 heterocycles. The number of nitrogens with zero attached hydrogens (tertiary/aromatic N) is 2. The predicted molar refractivity (Wildman–Crippen MR) is 121 cm³/mol. The van der Waals surface area contributed by atoms with Crippen molar-refractivity contribution in [3.8, 4) is 0 Å². The Morgan fingerprint density at radius 2 is 1.75 bits per heavy atom. The predicted octanol–water partition coefficient (Wildman–Crippen LogP) is 3.48. The number of hydrogen-bond donors (Lipinski definition) is 2. The first kappa shape index (κ1) is 20.8. The zero-order valence-electron chi connectivity index (χ0n) is 16.7. The van der Waals surface area contributed by atoms with E-state index in [-0.39, 0.29) is 22.0 Å². The van der Waals surface area contributed by atoms with Gasteiger partial charge in [0, 0.05) is 12.4 Å². The highest BCUT2D eigenvalue weighted by Crippen LogP contribution is 2.50. The Labute approximate surface area is 193 Å². The van der Waals surface area contributed by atoms with E-state index >= 15 is 0 Å². The van der Waals surface area contributed by atoms with E-state index < -0.39 is 23.4 Å². The SMILES string of the molecule is NC1S[C@@H]2C(c3ncc[nH]3)C(=O)N2C(C(=O)OC(c2ccccc2)c2ccccc2)=C1Cl. The molecule has 3 N–H and O–H groups in total. The lowest BCUT2D eigenvalue weighted by molar-refractivity contribution is -0.153. The molecule has 2 aromatic carbocycles. The summed E-state index contributed by atoms with van der Waals surface area (Å²) in [5, 5.41) is -0.944. The average Bonchev–Trinajstić information content (AvgIpc) is 3.34. The highest BCUT2D eigenvalue weighted by molar-refractivity contribution is 8.00. The number of nitrogens with one attached hydrogen (secondary N) is 1. The minimum Gasteiger partial charge on any atom is -0.448 e. The second-order valence-corrected chi connectivity index (χ2v) is 9.08. The van der Waals surface area contributed by atoms with Crippen molar-refractivity contribution >= 4 is 35.2 Å². The molecule has 1 saturated heterocycles. The van der Waals surface area contributed by atoms with Crippen LogP contribution in [0.2, 0.25) is 0 Å². The molecule has 1 amide bonds. The van der Waals surface area contributed by atoms with Gasteiger partial charge in [-0.2, -0.15) is 0 Å². The van der Waals surface area contributed by atoms with E-state index in [9.17, 15) is 9.59 Å². The standard InChI is InChI=1S/C23H19ClN4O3S/c24-16-17(28-21(29)15(20-26-11-12-27-20)22(28)32-19(16)25)23(30)31-18(13-7-3-1-4-8-13)14-9-5-2-6-10-14/h1-12,15,18-19,22H,25H2,(H,26,27)/t15?,19?,22-/m1/s1. The lowest BCUT2D eigenvalue weighted by atomic mass is 9.95. The Balaban J connectivity index is 1.47. The monoisotopic (exact) mass is 466 g/mol. The Morgan fingerprint density at radius 3 is 2.31 bits per heavy atom. The van der Waals surface area contributed by atoms with Crippen LogP contribution in [0.5, 0.6) is 0 Å². The Kier molecular flexibility index (Phi) is 5.50. The average molecular weight is 467 g/mol. The number of fused-ring (bicyclic) bond motifs is 1. The zero-order valence-corrected chi connectivity index (χ0v) is 18.3. The molecule has 0 radical (unpaired) electrons. The van der Waals surface area contributed by atoms with Crippen LogP contribution in [0.15, 0.2) is 83.8 Å². The molecule has 0 aliphatic carbocycles. The molecule has 0 spiro atoms. The Hall–Kier alpha value is -3.07. The van der Waals surface area contributed by atoms with E-state index in [1.54, 1.807) is 12.4 Å². The molecule has 1 aromatic heterocycles. The summed E-state index contributed by atoms with van der Waals surface area (Å²) in [5.41, 5.74) is 7.80. The minimum atomic E-state index is -0.695. The van der Waals surface area contributed by atoms with E-state index in [0.29, 0.717) is 5.82 Å². The van der Waals surface area contributed by atoms with Crippen LogP contribution < -0.4 is 5.73 Å². The van der Waals surface area contributed by atoms with Gasteiger partial charge in [-0.25, -0.2) is 9.78 Å². The van der Waals surface area contributed by atoms with E-state index in [0.717, 1.165) is 11.1 Å². The highest BCUT2D eigenvalue weighted by Gasteiger charge is 2.57. The summed E-state index contributed by atoms with van der Waals surface area (Å²) in [5.74, 6) is -0.953. The first-order chi connectivity index (χ1) is 15.6. The molecule has 2 aliphatic rings. The fraction of sp³-hybridized carbons (Fsp3) is 0.174. The van der Waals surface area contributed by atoms with E-state index in [2.05, 4.69) is 9.97 Å². The number of halogens is 1. The highest BCUT2D eigenvalue weighted by atomic mass is 35.5. The molecular formula is C23H19ClN4O3S. The number of esters is 1. The largest absolute Gasteiger partial charge is 0.448 e. The van der Waals surface area contributed by atoms with Crippen molar-refractivity contribution in [2.75, 3.05) is 0 Å². The first-order valence-electron chi connectivity index (χ1n) is 10.00. The maximum atomic E-state index is 13.4. The first-order valence-corrected chi connectivity index (χ1v) is 11.3. The number of carbonyl (C=O) groups is 2. The minimum absolute atomic E-state index is 0.00687. The van der Waals surface area contributed by atoms with Gasteiger partial charge in [0.15, 0.2) is 6.10 Å². The summed E-state index contributed by atoms with van der Waals surface area (Å²) < 4.78 is 5.94. The number of thioether (sulfide) groups is 1. The van der Waals surface area contributed by atoms with Gasteiger partial charge >= 0.3 is 5.97 Å². The number of aromatic amines is 1. The van der Waals surface area contributed by atoms with Crippen molar-refractivity contribution in [2.45, 2.75) is 22.8 Å². The quantitative estimate of drug-likeness (QED) is 0.441. The van der Waals surface area contributed by atoms with Crippen LogP contribution in [-0.4, -0.2) is 37.5 Å². The molecule has 3 aromatic rings. The summed E-state index contributed by atoms with van der Waals surface area (Å²) in [6, 6.07) is 18.8. The maximum Gasteiger partial charge on any atom is 0.357 e. The molecule has 32 heavy (non-hydrogen) atoms. The van der Waals surface area contributed by atoms with Crippen molar-refractivity contribution in [3.05, 3.63) is 101 Å². The van der Waals surface area contributed by atoms with Gasteiger partial charge < -0.3 is 15.5 Å². The second-order valence-electron chi connectivity index (χ2n) is 7.41. The van der Waals surface area contributed by atoms with Crippen LogP contribution in [0.3, 0.4) is 0 Å². The van der Waals surface area contributed by atoms with Crippen molar-refractivity contribution < 1.29 is 14.3 Å². The van der Waals surface area contributed by atoms with Crippen LogP contribution >= 0.6 is 23.4 Å². The number of rotatable bonds is 5. The van der Waals surface area contributed by atoms with Crippen LogP contribution in [0.25, 0.3) is 0 Å². The van der Waals surface area contributed by atoms with E-state index in [1.165, 1.54) is 16.7 Å². The number of imidazole rings is 1. The van der Waals surface area contributed by atoms with E-state index in [1.807, 2.05) is 60.7 Å². The number of aromatic nitrogens is 2. The summed E-state index contributed by atoms with van der Waals surface area (Å²) in [4.78, 5) is 34.9. The number of β-lactam (4-membered cyclic amide) rings is 1. The molecule has 7 nitrogen and oxygen atoms in total. The van der Waals surface area contributed by atoms with Crippen LogP contribution in [0.4, 0.5) is 0 Å². The Bertz CT molecular complexity index is 1130. The molecule has 2 aliphatic heterocycles. The van der Waals surface area contributed by atoms with Gasteiger partial charge in [-0.3, -0.25) is 9.69 Å². The van der Waals surface area contributed by atoms with Crippen molar-refractivity contribution in [1.29, 1.82) is 0 Å². The smallest absolute Gasteiger partial charge is 0.357 e. The summed E-state index contributed by atoms with van der Waals surface area (Å²) in [7, 11) is 0. The van der Waals surface area contributed by atoms with Crippen molar-refractivity contribution in [1.82, 2.24) is 14.9 Å². The van der Waals surface area contributed by atoms with Gasteiger partial charge in [0.25, 0.3) is 0 Å². The lowest BCUT2D eigenvalue weighted by Crippen LogP contribution is -2.61. The molecule has 9 heteroatoms. The number of ether oxygens (including phenoxy) is 1. The normalized spacial score (nSPS) is 22.5. The van der Waals surface area contributed by atoms with Gasteiger partial charge in [-0.05, 0) is 11.1 Å². The lowest BCUT2D eigenvalue weighted by Gasteiger charge is -2.49. The van der Waals surface area contributed by atoms with Gasteiger partial charge in [-0.15, -0.1) is 11.8 Å². The fourth-order valence-electron chi connectivity index (χ4n) is 3.94. The third-order valence-corrected chi connectivity index (χ3v) is 7.32. The van der Waals surface area contributed by atoms with Crippen molar-refractivity contribution in [3.63, 3.8) is 0 Å². The van der Waals surface area contributed by atoms with Crippen LogP contribution in [-0.2, 0) is 14.3 Å². The second kappa shape index (κ2) is 8.46. The Morgan fingerprint density at radius 1 is 1.12 bits per heavy atom. The van der Waals surface area contributed by atoms with E-state index in [4.69, 9.17) is 22.1 Å². The fourth-order valence-corrected chi connectivity index (χ4v) is 5.53. The van der Waals surface area contributed by atoms with Gasteiger partial charge in [0.1, 0.15) is 22.8 Å². The zero-order chi connectivity index (χ0) is 22.2.